The van der Waals surface area contributed by atoms with Gasteiger partial charge in [0.1, 0.15) is 11.5 Å². The minimum Gasteiger partial charge on any atom is -0.455 e. The highest BCUT2D eigenvalue weighted by Crippen LogP contribution is 2.35. The maximum atomic E-state index is 12.6. The maximum Gasteiger partial charge on any atom is 0.416 e. The van der Waals surface area contributed by atoms with E-state index in [0.29, 0.717) is 5.75 Å². The highest BCUT2D eigenvalue weighted by molar-refractivity contribution is 5.57. The maximum absolute atomic E-state index is 12.6. The Morgan fingerprint density at radius 1 is 1.05 bits per heavy atom. The van der Waals surface area contributed by atoms with Crippen molar-refractivity contribution >= 4 is 11.4 Å². The topological polar surface area (TPSA) is 38.5 Å². The second-order valence-electron chi connectivity index (χ2n) is 4.74. The van der Waals surface area contributed by atoms with Crippen LogP contribution in [0.3, 0.4) is 0 Å². The molecule has 0 aliphatic rings. The third-order valence-corrected chi connectivity index (χ3v) is 2.90. The SMILES string of the molecule is CN(C)c1cccc(Oc2ccc(C(F)(F)F)cc2N)c1. The van der Waals surface area contributed by atoms with Crippen molar-refractivity contribution in [2.75, 3.05) is 24.7 Å². The molecule has 0 aliphatic heterocycles. The van der Waals surface area contributed by atoms with Crippen molar-refractivity contribution in [2.45, 2.75) is 6.18 Å². The zero-order chi connectivity index (χ0) is 15.6. The highest BCUT2D eigenvalue weighted by Gasteiger charge is 2.30. The molecule has 0 fully saturated rings. The smallest absolute Gasteiger partial charge is 0.416 e. The van der Waals surface area contributed by atoms with E-state index in [9.17, 15) is 13.2 Å². The van der Waals surface area contributed by atoms with E-state index in [1.54, 1.807) is 18.2 Å². The third-order valence-electron chi connectivity index (χ3n) is 2.90. The van der Waals surface area contributed by atoms with Crippen LogP contribution in [0.25, 0.3) is 0 Å². The number of rotatable bonds is 3. The van der Waals surface area contributed by atoms with Gasteiger partial charge in [-0.1, -0.05) is 6.07 Å². The van der Waals surface area contributed by atoms with E-state index in [2.05, 4.69) is 0 Å². The molecule has 0 saturated carbocycles. The van der Waals surface area contributed by atoms with Crippen LogP contribution in [0.1, 0.15) is 5.56 Å². The molecule has 2 N–H and O–H groups in total. The number of alkyl halides is 3. The second kappa shape index (κ2) is 5.55. The predicted octanol–water partition coefficient (Wildman–Crippen LogP) is 4.15. The number of nitrogen functional groups attached to an aromatic ring is 1. The molecule has 0 aliphatic carbocycles. The Kier molecular flexibility index (Phi) is 3.97. The van der Waals surface area contributed by atoms with E-state index >= 15 is 0 Å². The lowest BCUT2D eigenvalue weighted by atomic mass is 10.2. The molecule has 3 nitrogen and oxygen atoms in total. The summed E-state index contributed by atoms with van der Waals surface area (Å²) in [6, 6.07) is 10.2. The molecule has 0 radical (unpaired) electrons. The van der Waals surface area contributed by atoms with Crippen LogP contribution < -0.4 is 15.4 Å². The predicted molar refractivity (Wildman–Crippen MR) is 76.7 cm³/mol. The van der Waals surface area contributed by atoms with E-state index in [1.807, 2.05) is 25.1 Å². The second-order valence-corrected chi connectivity index (χ2v) is 4.74. The molecule has 0 saturated heterocycles. The van der Waals surface area contributed by atoms with Crippen molar-refractivity contribution in [3.05, 3.63) is 48.0 Å². The standard InChI is InChI=1S/C15H15F3N2O/c1-20(2)11-4-3-5-12(9-11)21-14-7-6-10(8-13(14)19)15(16,17)18/h3-9H,19H2,1-2H3. The van der Waals surface area contributed by atoms with Crippen LogP contribution >= 0.6 is 0 Å². The summed E-state index contributed by atoms with van der Waals surface area (Å²) in [5.74, 6) is 0.701. The Morgan fingerprint density at radius 3 is 2.33 bits per heavy atom. The fourth-order valence-electron chi connectivity index (χ4n) is 1.77. The van der Waals surface area contributed by atoms with Gasteiger partial charge >= 0.3 is 6.18 Å². The Bertz CT molecular complexity index is 639. The first-order valence-electron chi connectivity index (χ1n) is 6.19. The molecule has 2 rings (SSSR count). The summed E-state index contributed by atoms with van der Waals surface area (Å²) in [7, 11) is 3.76. The number of hydrogen-bond donors (Lipinski definition) is 1. The molecule has 0 heterocycles. The molecule has 0 amide bonds. The van der Waals surface area contributed by atoms with Gasteiger partial charge in [-0.15, -0.1) is 0 Å². The number of nitrogens with two attached hydrogens (primary N) is 1. The monoisotopic (exact) mass is 296 g/mol. The summed E-state index contributed by atoms with van der Waals surface area (Å²) in [5.41, 5.74) is 5.69. The third kappa shape index (κ3) is 3.59. The van der Waals surface area contributed by atoms with Gasteiger partial charge in [-0.05, 0) is 30.3 Å². The number of nitrogens with zero attached hydrogens (tertiary/aromatic N) is 1. The Balaban J connectivity index is 2.26. The van der Waals surface area contributed by atoms with Crippen LogP contribution in [0.5, 0.6) is 11.5 Å². The molecule has 0 atom stereocenters. The van der Waals surface area contributed by atoms with E-state index in [4.69, 9.17) is 10.5 Å². The Hall–Kier alpha value is -2.37. The van der Waals surface area contributed by atoms with E-state index in [1.165, 1.54) is 6.07 Å². The molecular formula is C15H15F3N2O. The Labute approximate surface area is 120 Å². The minimum atomic E-state index is -4.42. The summed E-state index contributed by atoms with van der Waals surface area (Å²) >= 11 is 0. The first kappa shape index (κ1) is 15.0. The normalized spacial score (nSPS) is 11.3. The number of ether oxygens (including phenoxy) is 1. The summed E-state index contributed by atoms with van der Waals surface area (Å²) in [4.78, 5) is 1.89. The van der Waals surface area contributed by atoms with Crippen molar-refractivity contribution in [2.24, 2.45) is 0 Å². The van der Waals surface area contributed by atoms with Gasteiger partial charge in [0, 0.05) is 25.8 Å². The molecule has 112 valence electrons. The van der Waals surface area contributed by atoms with E-state index in [0.717, 1.165) is 17.8 Å². The lowest BCUT2D eigenvalue weighted by Crippen LogP contribution is -2.08. The van der Waals surface area contributed by atoms with E-state index < -0.39 is 11.7 Å². The number of anilines is 2. The quantitative estimate of drug-likeness (QED) is 0.865. The number of benzene rings is 2. The summed E-state index contributed by atoms with van der Waals surface area (Å²) in [6.07, 6.45) is -4.42. The molecule has 2 aromatic carbocycles. The van der Waals surface area contributed by atoms with Crippen molar-refractivity contribution in [1.82, 2.24) is 0 Å². The van der Waals surface area contributed by atoms with Crippen molar-refractivity contribution in [1.29, 1.82) is 0 Å². The lowest BCUT2D eigenvalue weighted by molar-refractivity contribution is -0.137. The van der Waals surface area contributed by atoms with Gasteiger partial charge in [-0.25, -0.2) is 0 Å². The average Bonchev–Trinajstić information content (AvgIpc) is 2.40. The minimum absolute atomic E-state index is 0.0555. The van der Waals surface area contributed by atoms with Crippen LogP contribution in [0.4, 0.5) is 24.5 Å². The number of hydrogen-bond acceptors (Lipinski definition) is 3. The van der Waals surface area contributed by atoms with Crippen molar-refractivity contribution in [3.8, 4) is 11.5 Å². The Morgan fingerprint density at radius 2 is 1.76 bits per heavy atom. The van der Waals surface area contributed by atoms with Gasteiger partial charge in [0.25, 0.3) is 0 Å². The van der Waals surface area contributed by atoms with Gasteiger partial charge in [0.2, 0.25) is 0 Å². The van der Waals surface area contributed by atoms with Crippen LogP contribution in [0.2, 0.25) is 0 Å². The summed E-state index contributed by atoms with van der Waals surface area (Å²) in [6.45, 7) is 0. The molecule has 0 spiro atoms. The number of halogens is 3. The van der Waals surface area contributed by atoms with Crippen molar-refractivity contribution < 1.29 is 17.9 Å². The van der Waals surface area contributed by atoms with Crippen LogP contribution in [-0.4, -0.2) is 14.1 Å². The molecule has 6 heteroatoms. The molecule has 21 heavy (non-hydrogen) atoms. The average molecular weight is 296 g/mol. The van der Waals surface area contributed by atoms with Crippen LogP contribution in [0.15, 0.2) is 42.5 Å². The molecular weight excluding hydrogens is 281 g/mol. The van der Waals surface area contributed by atoms with Gasteiger partial charge in [-0.3, -0.25) is 0 Å². The largest absolute Gasteiger partial charge is 0.455 e. The first-order chi connectivity index (χ1) is 9.77. The summed E-state index contributed by atoms with van der Waals surface area (Å²) < 4.78 is 43.2. The first-order valence-corrected chi connectivity index (χ1v) is 6.19. The van der Waals surface area contributed by atoms with Gasteiger partial charge in [0.15, 0.2) is 0 Å². The molecule has 2 aromatic rings. The highest BCUT2D eigenvalue weighted by atomic mass is 19.4. The molecule has 0 bridgehead atoms. The van der Waals surface area contributed by atoms with Gasteiger partial charge < -0.3 is 15.4 Å². The van der Waals surface area contributed by atoms with Crippen LogP contribution in [-0.2, 0) is 6.18 Å². The van der Waals surface area contributed by atoms with Crippen LogP contribution in [0, 0.1) is 0 Å². The zero-order valence-corrected chi connectivity index (χ0v) is 11.6. The lowest BCUT2D eigenvalue weighted by Gasteiger charge is -2.15. The molecule has 0 unspecified atom stereocenters. The van der Waals surface area contributed by atoms with Crippen molar-refractivity contribution in [3.63, 3.8) is 0 Å². The van der Waals surface area contributed by atoms with Gasteiger partial charge in [-0.2, -0.15) is 13.2 Å². The fourth-order valence-corrected chi connectivity index (χ4v) is 1.77. The van der Waals surface area contributed by atoms with E-state index in [-0.39, 0.29) is 11.4 Å². The molecule has 0 aromatic heterocycles. The summed E-state index contributed by atoms with van der Waals surface area (Å²) in [5, 5.41) is 0. The zero-order valence-electron chi connectivity index (χ0n) is 11.6. The van der Waals surface area contributed by atoms with Gasteiger partial charge in [0.05, 0.1) is 11.3 Å². The fraction of sp³-hybridized carbons (Fsp3) is 0.200.